The van der Waals surface area contributed by atoms with Crippen molar-refractivity contribution in [3.05, 3.63) is 69.6 Å². The van der Waals surface area contributed by atoms with E-state index in [1.165, 1.54) is 21.8 Å². The van der Waals surface area contributed by atoms with Crippen molar-refractivity contribution in [2.45, 2.75) is 25.0 Å². The molecule has 0 aliphatic heterocycles. The Hall–Kier alpha value is -2.44. The summed E-state index contributed by atoms with van der Waals surface area (Å²) in [5, 5.41) is 16.1. The predicted molar refractivity (Wildman–Crippen MR) is 95.7 cm³/mol. The van der Waals surface area contributed by atoms with E-state index in [0.29, 0.717) is 18.2 Å². The number of hydrogen-bond acceptors (Lipinski definition) is 4. The van der Waals surface area contributed by atoms with Crippen LogP contribution in [0.1, 0.15) is 21.5 Å². The van der Waals surface area contributed by atoms with Crippen LogP contribution in [0.25, 0.3) is 0 Å². The summed E-state index contributed by atoms with van der Waals surface area (Å²) >= 11 is 0. The number of nitrogens with one attached hydrogen (secondary N) is 2. The Balaban J connectivity index is 1.42. The van der Waals surface area contributed by atoms with Gasteiger partial charge in [-0.2, -0.15) is 0 Å². The van der Waals surface area contributed by atoms with Crippen LogP contribution >= 0.6 is 0 Å². The van der Waals surface area contributed by atoms with Crippen molar-refractivity contribution in [1.29, 1.82) is 0 Å². The van der Waals surface area contributed by atoms with Gasteiger partial charge in [0, 0.05) is 44.0 Å². The zero-order valence-corrected chi connectivity index (χ0v) is 14.2. The maximum absolute atomic E-state index is 12.0. The number of aromatic nitrogens is 1. The number of amides is 1. The Bertz CT molecular complexity index is 791. The fourth-order valence-corrected chi connectivity index (χ4v) is 3.08. The third-order valence-corrected chi connectivity index (χ3v) is 4.56. The van der Waals surface area contributed by atoms with Gasteiger partial charge in [0.25, 0.3) is 11.5 Å². The summed E-state index contributed by atoms with van der Waals surface area (Å²) in [7, 11) is 1.63. The molecule has 25 heavy (non-hydrogen) atoms. The lowest BCUT2D eigenvalue weighted by Gasteiger charge is -2.16. The molecule has 1 aliphatic carbocycles. The van der Waals surface area contributed by atoms with Crippen molar-refractivity contribution in [2.24, 2.45) is 7.05 Å². The highest BCUT2D eigenvalue weighted by molar-refractivity contribution is 5.93. The van der Waals surface area contributed by atoms with E-state index >= 15 is 0 Å². The van der Waals surface area contributed by atoms with Gasteiger partial charge in [-0.05, 0) is 30.0 Å². The molecule has 1 heterocycles. The average molecular weight is 341 g/mol. The average Bonchev–Trinajstić information content (AvgIpc) is 3.03. The monoisotopic (exact) mass is 341 g/mol. The molecule has 1 unspecified atom stereocenters. The van der Waals surface area contributed by atoms with Gasteiger partial charge in [0.1, 0.15) is 0 Å². The number of hydrogen-bond donors (Lipinski definition) is 3. The van der Waals surface area contributed by atoms with Gasteiger partial charge in [-0.3, -0.25) is 9.59 Å². The second kappa shape index (κ2) is 7.63. The van der Waals surface area contributed by atoms with Gasteiger partial charge in [-0.25, -0.2) is 0 Å². The van der Waals surface area contributed by atoms with Crippen LogP contribution in [0.5, 0.6) is 0 Å². The zero-order valence-electron chi connectivity index (χ0n) is 14.2. The Morgan fingerprint density at radius 2 is 1.92 bits per heavy atom. The van der Waals surface area contributed by atoms with E-state index in [-0.39, 0.29) is 18.0 Å². The van der Waals surface area contributed by atoms with Crippen LogP contribution in [0.15, 0.2) is 47.4 Å². The number of pyridine rings is 1. The lowest BCUT2D eigenvalue weighted by molar-refractivity contribution is 0.0913. The van der Waals surface area contributed by atoms with E-state index in [1.54, 1.807) is 19.3 Å². The number of benzene rings is 1. The van der Waals surface area contributed by atoms with E-state index in [1.807, 2.05) is 12.1 Å². The van der Waals surface area contributed by atoms with Gasteiger partial charge in [-0.1, -0.05) is 24.3 Å². The molecule has 0 saturated carbocycles. The number of carbonyl (C=O) groups excluding carboxylic acids is 1. The molecule has 1 aromatic heterocycles. The number of nitrogens with zero attached hydrogens (tertiary/aromatic N) is 1. The summed E-state index contributed by atoms with van der Waals surface area (Å²) in [6.07, 6.45) is 2.79. The van der Waals surface area contributed by atoms with Crippen LogP contribution in [-0.4, -0.2) is 40.8 Å². The fourth-order valence-electron chi connectivity index (χ4n) is 3.08. The Morgan fingerprint density at radius 3 is 2.56 bits per heavy atom. The SMILES string of the molecule is Cn1ccc(C(=O)NCC(O)CNC2Cc3ccccc3C2)cc1=O. The maximum Gasteiger partial charge on any atom is 0.251 e. The molecule has 0 radical (unpaired) electrons. The third kappa shape index (κ3) is 4.35. The first kappa shape index (κ1) is 17.4. The summed E-state index contributed by atoms with van der Waals surface area (Å²) in [4.78, 5) is 23.6. The molecule has 0 fully saturated rings. The fraction of sp³-hybridized carbons (Fsp3) is 0.368. The van der Waals surface area contributed by atoms with E-state index in [9.17, 15) is 14.7 Å². The topological polar surface area (TPSA) is 83.4 Å². The second-order valence-corrected chi connectivity index (χ2v) is 6.51. The summed E-state index contributed by atoms with van der Waals surface area (Å²) in [6.45, 7) is 0.552. The summed E-state index contributed by atoms with van der Waals surface area (Å²) in [6, 6.07) is 11.5. The zero-order chi connectivity index (χ0) is 17.8. The first-order valence-electron chi connectivity index (χ1n) is 8.46. The lowest BCUT2D eigenvalue weighted by Crippen LogP contribution is -2.42. The Morgan fingerprint density at radius 1 is 1.24 bits per heavy atom. The van der Waals surface area contributed by atoms with Crippen molar-refractivity contribution in [1.82, 2.24) is 15.2 Å². The second-order valence-electron chi connectivity index (χ2n) is 6.51. The molecule has 1 amide bonds. The maximum atomic E-state index is 12.0. The Kier molecular flexibility index (Phi) is 5.31. The lowest BCUT2D eigenvalue weighted by atomic mass is 10.1. The molecule has 6 heteroatoms. The largest absolute Gasteiger partial charge is 0.390 e. The highest BCUT2D eigenvalue weighted by atomic mass is 16.3. The minimum Gasteiger partial charge on any atom is -0.390 e. The van der Waals surface area contributed by atoms with Gasteiger partial charge in [0.05, 0.1) is 6.10 Å². The van der Waals surface area contributed by atoms with E-state index in [0.717, 1.165) is 12.8 Å². The van der Waals surface area contributed by atoms with Gasteiger partial charge >= 0.3 is 0 Å². The molecule has 3 N–H and O–H groups in total. The molecule has 2 aromatic rings. The van der Waals surface area contributed by atoms with Crippen LogP contribution in [0.3, 0.4) is 0 Å². The molecule has 132 valence electrons. The van der Waals surface area contributed by atoms with Crippen LogP contribution in [0, 0.1) is 0 Å². The van der Waals surface area contributed by atoms with Crippen molar-refractivity contribution in [3.63, 3.8) is 0 Å². The minimum absolute atomic E-state index is 0.140. The molecule has 0 bridgehead atoms. The highest BCUT2D eigenvalue weighted by Gasteiger charge is 2.21. The molecule has 3 rings (SSSR count). The summed E-state index contributed by atoms with van der Waals surface area (Å²) < 4.78 is 1.40. The quantitative estimate of drug-likeness (QED) is 0.703. The van der Waals surface area contributed by atoms with Crippen LogP contribution in [0.4, 0.5) is 0 Å². The number of aryl methyl sites for hydroxylation is 1. The number of rotatable bonds is 6. The van der Waals surface area contributed by atoms with Gasteiger partial charge < -0.3 is 20.3 Å². The first-order chi connectivity index (χ1) is 12.0. The predicted octanol–water partition coefficient (Wildman–Crippen LogP) is 0.233. The van der Waals surface area contributed by atoms with Crippen molar-refractivity contribution < 1.29 is 9.90 Å². The minimum atomic E-state index is -0.681. The molecule has 1 aliphatic rings. The highest BCUT2D eigenvalue weighted by Crippen LogP contribution is 2.21. The van der Waals surface area contributed by atoms with Gasteiger partial charge in [0.15, 0.2) is 0 Å². The number of aliphatic hydroxyl groups excluding tert-OH is 1. The molecule has 1 atom stereocenters. The molecular weight excluding hydrogens is 318 g/mol. The molecule has 1 aromatic carbocycles. The van der Waals surface area contributed by atoms with E-state index < -0.39 is 6.10 Å². The standard InChI is InChI=1S/C19H23N3O3/c1-22-7-6-15(10-18(22)24)19(25)21-12-17(23)11-20-16-8-13-4-2-3-5-14(13)9-16/h2-7,10,16-17,20,23H,8-9,11-12H2,1H3,(H,21,25). The smallest absolute Gasteiger partial charge is 0.251 e. The number of carbonyl (C=O) groups is 1. The third-order valence-electron chi connectivity index (χ3n) is 4.56. The van der Waals surface area contributed by atoms with Crippen molar-refractivity contribution >= 4 is 5.91 Å². The number of fused-ring (bicyclic) bond motifs is 1. The number of aliphatic hydroxyl groups is 1. The van der Waals surface area contributed by atoms with Crippen LogP contribution in [-0.2, 0) is 19.9 Å². The van der Waals surface area contributed by atoms with E-state index in [4.69, 9.17) is 0 Å². The molecule has 0 saturated heterocycles. The van der Waals surface area contributed by atoms with Gasteiger partial charge in [0.2, 0.25) is 0 Å². The molecule has 0 spiro atoms. The molecule has 6 nitrogen and oxygen atoms in total. The van der Waals surface area contributed by atoms with Crippen LogP contribution in [0.2, 0.25) is 0 Å². The summed E-state index contributed by atoms with van der Waals surface area (Å²) in [5.74, 6) is -0.356. The molecular formula is C19H23N3O3. The van der Waals surface area contributed by atoms with Gasteiger partial charge in [-0.15, -0.1) is 0 Å². The first-order valence-corrected chi connectivity index (χ1v) is 8.46. The summed E-state index contributed by atoms with van der Waals surface area (Å²) in [5.41, 5.74) is 2.77. The Labute approximate surface area is 146 Å². The van der Waals surface area contributed by atoms with Crippen LogP contribution < -0.4 is 16.2 Å². The normalized spacial score (nSPS) is 15.0. The van der Waals surface area contributed by atoms with Crippen molar-refractivity contribution in [2.75, 3.05) is 13.1 Å². The van der Waals surface area contributed by atoms with E-state index in [2.05, 4.69) is 22.8 Å². The van der Waals surface area contributed by atoms with Crippen molar-refractivity contribution in [3.8, 4) is 0 Å².